The van der Waals surface area contributed by atoms with E-state index >= 15 is 0 Å². The Morgan fingerprint density at radius 3 is 2.68 bits per heavy atom. The van der Waals surface area contributed by atoms with Gasteiger partial charge in [0.05, 0.1) is 18.8 Å². The maximum atomic E-state index is 12.1. The molecule has 1 unspecified atom stereocenters. The van der Waals surface area contributed by atoms with E-state index in [9.17, 15) is 9.59 Å². The maximum Gasteiger partial charge on any atom is 0.339 e. The predicted octanol–water partition coefficient (Wildman–Crippen LogP) is 1.67. The van der Waals surface area contributed by atoms with Crippen molar-refractivity contribution >= 4 is 11.9 Å². The highest BCUT2D eigenvalue weighted by molar-refractivity contribution is 5.93. The number of nitrogens with one attached hydrogen (secondary N) is 1. The zero-order valence-electron chi connectivity index (χ0n) is 12.5. The van der Waals surface area contributed by atoms with Crippen LogP contribution in [-0.4, -0.2) is 37.2 Å². The Bertz CT molecular complexity index is 582. The Morgan fingerprint density at radius 2 is 1.95 bits per heavy atom. The van der Waals surface area contributed by atoms with Gasteiger partial charge in [0.25, 0.3) is 5.91 Å². The lowest BCUT2D eigenvalue weighted by Gasteiger charge is -2.14. The van der Waals surface area contributed by atoms with Gasteiger partial charge in [0.2, 0.25) is 0 Å². The molecule has 1 saturated carbocycles. The van der Waals surface area contributed by atoms with Crippen LogP contribution >= 0.6 is 0 Å². The number of benzene rings is 1. The molecule has 1 N–H and O–H groups in total. The molecule has 6 nitrogen and oxygen atoms in total. The summed E-state index contributed by atoms with van der Waals surface area (Å²) in [6.45, 7) is 2.71. The minimum atomic E-state index is -0.816. The number of carbonyl (C=O) groups excluding carboxylic acids is 2. The van der Waals surface area contributed by atoms with E-state index in [2.05, 4.69) is 5.32 Å². The summed E-state index contributed by atoms with van der Waals surface area (Å²) >= 11 is 0. The maximum absolute atomic E-state index is 12.1. The van der Waals surface area contributed by atoms with Crippen LogP contribution in [-0.2, 0) is 9.53 Å². The molecule has 0 aromatic heterocycles. The largest absolute Gasteiger partial charge is 0.490 e. The average Bonchev–Trinajstić information content (AvgIpc) is 3.32. The molecule has 1 amide bonds. The van der Waals surface area contributed by atoms with Gasteiger partial charge in [-0.3, -0.25) is 4.79 Å². The minimum absolute atomic E-state index is 0.242. The number of esters is 1. The summed E-state index contributed by atoms with van der Waals surface area (Å²) in [5.74, 6) is 0.342. The molecule has 6 heteroatoms. The highest BCUT2D eigenvalue weighted by Crippen LogP contribution is 2.30. The molecule has 22 heavy (non-hydrogen) atoms. The molecule has 1 fully saturated rings. The van der Waals surface area contributed by atoms with Gasteiger partial charge in [-0.15, -0.1) is 0 Å². The Kier molecular flexibility index (Phi) is 4.18. The molecule has 0 bridgehead atoms. The van der Waals surface area contributed by atoms with Gasteiger partial charge in [0.1, 0.15) is 0 Å². The lowest BCUT2D eigenvalue weighted by atomic mass is 10.2. The minimum Gasteiger partial charge on any atom is -0.490 e. The number of hydrogen-bond acceptors (Lipinski definition) is 5. The summed E-state index contributed by atoms with van der Waals surface area (Å²) in [6, 6.07) is 5.13. The van der Waals surface area contributed by atoms with Crippen molar-refractivity contribution in [3.8, 4) is 11.5 Å². The molecule has 0 spiro atoms. The second kappa shape index (κ2) is 6.25. The summed E-state index contributed by atoms with van der Waals surface area (Å²) in [6.07, 6.45) is 1.97. The zero-order valence-corrected chi connectivity index (χ0v) is 12.5. The predicted molar refractivity (Wildman–Crippen MR) is 78.1 cm³/mol. The highest BCUT2D eigenvalue weighted by atomic mass is 16.5. The third-order valence-electron chi connectivity index (χ3n) is 3.56. The Morgan fingerprint density at radius 1 is 1.23 bits per heavy atom. The standard InChI is InChI=1S/C16H19NO5/c1-10(15(18)17-12-4-5-12)22-16(19)11-3-6-13-14(9-11)21-8-2-7-20-13/h3,6,9-10,12H,2,4-5,7-8H2,1H3,(H,17,18). The van der Waals surface area contributed by atoms with Crippen LogP contribution in [0.5, 0.6) is 11.5 Å². The van der Waals surface area contributed by atoms with Crippen molar-refractivity contribution in [2.24, 2.45) is 0 Å². The molecule has 0 radical (unpaired) electrons. The topological polar surface area (TPSA) is 73.9 Å². The second-order valence-corrected chi connectivity index (χ2v) is 5.54. The number of fused-ring (bicyclic) bond motifs is 1. The summed E-state index contributed by atoms with van der Waals surface area (Å²) in [4.78, 5) is 23.9. The SMILES string of the molecule is CC(OC(=O)c1ccc2c(c1)OCCCO2)C(=O)NC1CC1. The Hall–Kier alpha value is -2.24. The van der Waals surface area contributed by atoms with Crippen molar-refractivity contribution in [1.82, 2.24) is 5.32 Å². The van der Waals surface area contributed by atoms with E-state index in [1.54, 1.807) is 25.1 Å². The van der Waals surface area contributed by atoms with Crippen LogP contribution in [0.15, 0.2) is 18.2 Å². The molecule has 1 aromatic rings. The van der Waals surface area contributed by atoms with Crippen LogP contribution in [0, 0.1) is 0 Å². The van der Waals surface area contributed by atoms with Crippen LogP contribution in [0.4, 0.5) is 0 Å². The monoisotopic (exact) mass is 305 g/mol. The average molecular weight is 305 g/mol. The molecule has 2 aliphatic rings. The third-order valence-corrected chi connectivity index (χ3v) is 3.56. The molecule has 3 rings (SSSR count). The molecule has 1 atom stereocenters. The summed E-state index contributed by atoms with van der Waals surface area (Å²) in [5.41, 5.74) is 0.343. The molecule has 1 aliphatic carbocycles. The summed E-state index contributed by atoms with van der Waals surface area (Å²) in [7, 11) is 0. The third kappa shape index (κ3) is 3.50. The first-order valence-corrected chi connectivity index (χ1v) is 7.54. The van der Waals surface area contributed by atoms with Gasteiger partial charge < -0.3 is 19.5 Å². The van der Waals surface area contributed by atoms with E-state index in [0.29, 0.717) is 30.3 Å². The number of ether oxygens (including phenoxy) is 3. The van der Waals surface area contributed by atoms with Crippen molar-refractivity contribution in [3.63, 3.8) is 0 Å². The van der Waals surface area contributed by atoms with Crippen LogP contribution in [0.1, 0.15) is 36.5 Å². The molecule has 1 aliphatic heterocycles. The van der Waals surface area contributed by atoms with Crippen LogP contribution in [0.3, 0.4) is 0 Å². The van der Waals surface area contributed by atoms with Crippen LogP contribution in [0.2, 0.25) is 0 Å². The smallest absolute Gasteiger partial charge is 0.339 e. The zero-order chi connectivity index (χ0) is 15.5. The summed E-state index contributed by atoms with van der Waals surface area (Å²) < 4.78 is 16.3. The van der Waals surface area contributed by atoms with Gasteiger partial charge in [0.15, 0.2) is 17.6 Å². The summed E-state index contributed by atoms with van der Waals surface area (Å²) in [5, 5.41) is 2.81. The van der Waals surface area contributed by atoms with E-state index in [-0.39, 0.29) is 11.9 Å². The van der Waals surface area contributed by atoms with Crippen LogP contribution in [0.25, 0.3) is 0 Å². The molecule has 1 aromatic carbocycles. The lowest BCUT2D eigenvalue weighted by molar-refractivity contribution is -0.129. The fourth-order valence-electron chi connectivity index (χ4n) is 2.12. The quantitative estimate of drug-likeness (QED) is 0.857. The normalized spacial score (nSPS) is 18.0. The van der Waals surface area contributed by atoms with Crippen molar-refractivity contribution in [1.29, 1.82) is 0 Å². The van der Waals surface area contributed by atoms with Gasteiger partial charge >= 0.3 is 5.97 Å². The van der Waals surface area contributed by atoms with Crippen molar-refractivity contribution in [2.75, 3.05) is 13.2 Å². The van der Waals surface area contributed by atoms with Gasteiger partial charge in [-0.2, -0.15) is 0 Å². The van der Waals surface area contributed by atoms with Gasteiger partial charge in [0, 0.05) is 12.5 Å². The highest BCUT2D eigenvalue weighted by Gasteiger charge is 2.27. The first kappa shape index (κ1) is 14.7. The van der Waals surface area contributed by atoms with E-state index in [0.717, 1.165) is 19.3 Å². The number of amides is 1. The Labute approximate surface area is 128 Å². The second-order valence-electron chi connectivity index (χ2n) is 5.54. The first-order valence-electron chi connectivity index (χ1n) is 7.54. The van der Waals surface area contributed by atoms with Gasteiger partial charge in [-0.05, 0) is 38.0 Å². The molecule has 118 valence electrons. The lowest BCUT2D eigenvalue weighted by Crippen LogP contribution is -2.37. The van der Waals surface area contributed by atoms with Gasteiger partial charge in [-0.25, -0.2) is 4.79 Å². The number of hydrogen-bond donors (Lipinski definition) is 1. The van der Waals surface area contributed by atoms with E-state index < -0.39 is 12.1 Å². The van der Waals surface area contributed by atoms with Crippen molar-refractivity contribution in [2.45, 2.75) is 38.3 Å². The Balaban J connectivity index is 1.64. The van der Waals surface area contributed by atoms with Crippen molar-refractivity contribution < 1.29 is 23.8 Å². The fourth-order valence-corrected chi connectivity index (χ4v) is 2.12. The molecular weight excluding hydrogens is 286 g/mol. The number of rotatable bonds is 4. The van der Waals surface area contributed by atoms with E-state index in [1.807, 2.05) is 0 Å². The fraction of sp³-hybridized carbons (Fsp3) is 0.500. The molecular formula is C16H19NO5. The van der Waals surface area contributed by atoms with E-state index in [4.69, 9.17) is 14.2 Å². The van der Waals surface area contributed by atoms with E-state index in [1.165, 1.54) is 0 Å². The first-order chi connectivity index (χ1) is 10.6. The molecule has 0 saturated heterocycles. The van der Waals surface area contributed by atoms with Crippen molar-refractivity contribution in [3.05, 3.63) is 23.8 Å². The molecule has 1 heterocycles. The van der Waals surface area contributed by atoms with Crippen LogP contribution < -0.4 is 14.8 Å². The van der Waals surface area contributed by atoms with Gasteiger partial charge in [-0.1, -0.05) is 0 Å². The number of carbonyl (C=O) groups is 2.